The van der Waals surface area contributed by atoms with Crippen LogP contribution >= 0.6 is 22.6 Å². The first-order chi connectivity index (χ1) is 13.2. The van der Waals surface area contributed by atoms with Crippen molar-refractivity contribution in [3.8, 4) is 0 Å². The van der Waals surface area contributed by atoms with Crippen LogP contribution in [0.3, 0.4) is 0 Å². The SMILES string of the molecule is O=c1c(I)cn([C@@H]2O[C@H](CO)[C@@H](O)[C@H]2O)c(=O)n1CC(F)(F)c1ccccc1. The van der Waals surface area contributed by atoms with Crippen molar-refractivity contribution >= 4 is 22.6 Å². The van der Waals surface area contributed by atoms with Crippen LogP contribution in [0.1, 0.15) is 11.8 Å². The Hall–Kier alpha value is -1.67. The molecule has 28 heavy (non-hydrogen) atoms. The van der Waals surface area contributed by atoms with Gasteiger partial charge >= 0.3 is 5.69 Å². The Morgan fingerprint density at radius 1 is 1.14 bits per heavy atom. The van der Waals surface area contributed by atoms with Gasteiger partial charge in [-0.15, -0.1) is 0 Å². The number of ether oxygens (including phenoxy) is 1. The molecule has 1 saturated heterocycles. The molecule has 1 aliphatic heterocycles. The summed E-state index contributed by atoms with van der Waals surface area (Å²) in [6, 6.07) is 6.76. The lowest BCUT2D eigenvalue weighted by Gasteiger charge is -2.22. The predicted molar refractivity (Wildman–Crippen MR) is 101 cm³/mol. The summed E-state index contributed by atoms with van der Waals surface area (Å²) >= 11 is 1.58. The van der Waals surface area contributed by atoms with E-state index in [9.17, 15) is 33.7 Å². The van der Waals surface area contributed by atoms with E-state index in [0.29, 0.717) is 4.57 Å². The highest BCUT2D eigenvalue weighted by atomic mass is 127. The van der Waals surface area contributed by atoms with Gasteiger partial charge in [0, 0.05) is 11.8 Å². The average Bonchev–Trinajstić information content (AvgIpc) is 2.97. The second-order valence-corrected chi connectivity index (χ2v) is 7.52. The molecule has 2 heterocycles. The highest BCUT2D eigenvalue weighted by Crippen LogP contribution is 2.30. The Bertz CT molecular complexity index is 964. The first-order valence-electron chi connectivity index (χ1n) is 8.24. The molecule has 2 aromatic rings. The third kappa shape index (κ3) is 3.76. The fraction of sp³-hybridized carbons (Fsp3) is 0.412. The third-order valence-electron chi connectivity index (χ3n) is 4.50. The van der Waals surface area contributed by atoms with Crippen molar-refractivity contribution in [1.82, 2.24) is 9.13 Å². The fourth-order valence-electron chi connectivity index (χ4n) is 2.99. The van der Waals surface area contributed by atoms with E-state index >= 15 is 0 Å². The van der Waals surface area contributed by atoms with Gasteiger partial charge in [-0.05, 0) is 22.6 Å². The van der Waals surface area contributed by atoms with Gasteiger partial charge in [0.25, 0.3) is 11.5 Å². The number of aliphatic hydroxyl groups is 3. The maximum absolute atomic E-state index is 14.6. The van der Waals surface area contributed by atoms with Crippen molar-refractivity contribution in [3.05, 3.63) is 66.5 Å². The lowest BCUT2D eigenvalue weighted by atomic mass is 10.1. The summed E-state index contributed by atoms with van der Waals surface area (Å²) in [6.45, 7) is -1.83. The van der Waals surface area contributed by atoms with Gasteiger partial charge in [-0.2, -0.15) is 8.78 Å². The quantitative estimate of drug-likeness (QED) is 0.489. The van der Waals surface area contributed by atoms with Crippen LogP contribution in [0.15, 0.2) is 46.1 Å². The van der Waals surface area contributed by atoms with Gasteiger partial charge in [-0.1, -0.05) is 30.3 Å². The van der Waals surface area contributed by atoms with E-state index in [2.05, 4.69) is 0 Å². The summed E-state index contributed by atoms with van der Waals surface area (Å²) in [5.41, 5.74) is -2.40. The molecule has 0 spiro atoms. The highest BCUT2D eigenvalue weighted by Gasteiger charge is 2.44. The molecule has 1 aromatic heterocycles. The van der Waals surface area contributed by atoms with E-state index in [1.165, 1.54) is 24.3 Å². The minimum Gasteiger partial charge on any atom is -0.394 e. The summed E-state index contributed by atoms with van der Waals surface area (Å²) in [5.74, 6) is -3.51. The van der Waals surface area contributed by atoms with Crippen molar-refractivity contribution in [2.24, 2.45) is 0 Å². The summed E-state index contributed by atoms with van der Waals surface area (Å²) in [4.78, 5) is 25.1. The van der Waals surface area contributed by atoms with E-state index in [1.807, 2.05) is 0 Å². The number of aliphatic hydroxyl groups excluding tert-OH is 3. The maximum atomic E-state index is 14.6. The second-order valence-electron chi connectivity index (χ2n) is 6.36. The van der Waals surface area contributed by atoms with E-state index < -0.39 is 54.9 Å². The van der Waals surface area contributed by atoms with Gasteiger partial charge in [-0.25, -0.2) is 4.79 Å². The standard InChI is InChI=1S/C17H17F2IN2O6/c18-17(19,9-4-2-1-3-5-9)8-22-14(26)10(20)6-21(16(22)27)15-13(25)12(24)11(7-23)28-15/h1-6,11-13,15,23-25H,7-8H2/t11-,12-,13-,15-/m1/s1. The lowest BCUT2D eigenvalue weighted by Crippen LogP contribution is -2.46. The first-order valence-corrected chi connectivity index (χ1v) is 9.32. The molecule has 0 bridgehead atoms. The van der Waals surface area contributed by atoms with Crippen LogP contribution in [0.25, 0.3) is 0 Å². The number of rotatable bonds is 5. The molecule has 0 aliphatic carbocycles. The number of hydrogen-bond acceptors (Lipinski definition) is 6. The molecular weight excluding hydrogens is 493 g/mol. The predicted octanol–water partition coefficient (Wildman–Crippen LogP) is 0.0181. The van der Waals surface area contributed by atoms with Crippen molar-refractivity contribution in [1.29, 1.82) is 0 Å². The average molecular weight is 510 g/mol. The van der Waals surface area contributed by atoms with Crippen LogP contribution in [0.5, 0.6) is 0 Å². The minimum atomic E-state index is -3.51. The lowest BCUT2D eigenvalue weighted by molar-refractivity contribution is -0.0578. The highest BCUT2D eigenvalue weighted by molar-refractivity contribution is 14.1. The van der Waals surface area contributed by atoms with E-state index in [0.717, 1.165) is 10.8 Å². The third-order valence-corrected chi connectivity index (χ3v) is 5.24. The molecule has 1 fully saturated rings. The van der Waals surface area contributed by atoms with Gasteiger partial charge in [0.05, 0.1) is 16.7 Å². The Kier molecular flexibility index (Phi) is 6.00. The molecule has 3 N–H and O–H groups in total. The van der Waals surface area contributed by atoms with Crippen LogP contribution in [0.4, 0.5) is 8.78 Å². The molecule has 3 rings (SSSR count). The molecule has 4 atom stereocenters. The van der Waals surface area contributed by atoms with Gasteiger partial charge in [0.2, 0.25) is 0 Å². The molecule has 8 nitrogen and oxygen atoms in total. The van der Waals surface area contributed by atoms with E-state index in [1.54, 1.807) is 28.7 Å². The fourth-order valence-corrected chi connectivity index (χ4v) is 3.58. The van der Waals surface area contributed by atoms with Crippen LogP contribution in [0, 0.1) is 3.57 Å². The molecule has 1 aromatic carbocycles. The molecule has 152 valence electrons. The molecule has 11 heteroatoms. The summed E-state index contributed by atoms with van der Waals surface area (Å²) in [7, 11) is 0. The first kappa shape index (κ1) is 21.0. The largest absolute Gasteiger partial charge is 0.394 e. The maximum Gasteiger partial charge on any atom is 0.333 e. The monoisotopic (exact) mass is 510 g/mol. The molecule has 0 amide bonds. The van der Waals surface area contributed by atoms with Gasteiger partial charge in [-0.3, -0.25) is 13.9 Å². The van der Waals surface area contributed by atoms with Crippen LogP contribution in [-0.4, -0.2) is 49.4 Å². The molecular formula is C17H17F2IN2O6. The van der Waals surface area contributed by atoms with Crippen LogP contribution in [0.2, 0.25) is 0 Å². The van der Waals surface area contributed by atoms with Gasteiger partial charge in [0.1, 0.15) is 18.3 Å². The normalized spacial score (nSPS) is 25.2. The van der Waals surface area contributed by atoms with Crippen molar-refractivity contribution in [2.75, 3.05) is 6.61 Å². The van der Waals surface area contributed by atoms with Crippen molar-refractivity contribution in [3.63, 3.8) is 0 Å². The molecule has 0 radical (unpaired) electrons. The summed E-state index contributed by atoms with van der Waals surface area (Å²) < 4.78 is 35.6. The van der Waals surface area contributed by atoms with Gasteiger partial charge in [0.15, 0.2) is 6.23 Å². The van der Waals surface area contributed by atoms with Crippen molar-refractivity contribution < 1.29 is 28.8 Å². The number of benzene rings is 1. The van der Waals surface area contributed by atoms with Crippen LogP contribution < -0.4 is 11.2 Å². The van der Waals surface area contributed by atoms with Gasteiger partial charge < -0.3 is 20.1 Å². The number of hydrogen-bond donors (Lipinski definition) is 3. The molecule has 0 saturated carbocycles. The number of aromatic nitrogens is 2. The summed E-state index contributed by atoms with van der Waals surface area (Å²) in [5, 5.41) is 29.2. The number of nitrogens with zero attached hydrogens (tertiary/aromatic N) is 2. The smallest absolute Gasteiger partial charge is 0.333 e. The van der Waals surface area contributed by atoms with E-state index in [4.69, 9.17) is 4.74 Å². The second kappa shape index (κ2) is 7.99. The van der Waals surface area contributed by atoms with Crippen molar-refractivity contribution in [2.45, 2.75) is 37.0 Å². The van der Waals surface area contributed by atoms with Crippen LogP contribution in [-0.2, 0) is 17.2 Å². The minimum absolute atomic E-state index is 0.0567. The summed E-state index contributed by atoms with van der Waals surface area (Å²) in [6.07, 6.45) is -4.61. The number of halogens is 3. The molecule has 0 unspecified atom stereocenters. The Balaban J connectivity index is 2.04. The number of alkyl halides is 2. The Labute approximate surface area is 170 Å². The Morgan fingerprint density at radius 2 is 1.79 bits per heavy atom. The molecule has 1 aliphatic rings. The topological polar surface area (TPSA) is 114 Å². The zero-order valence-corrected chi connectivity index (χ0v) is 16.4. The Morgan fingerprint density at radius 3 is 2.36 bits per heavy atom. The zero-order valence-electron chi connectivity index (χ0n) is 14.3. The van der Waals surface area contributed by atoms with E-state index in [-0.39, 0.29) is 9.13 Å². The zero-order chi connectivity index (χ0) is 20.6.